The number of hydrogen-bond donors (Lipinski definition) is 0. The summed E-state index contributed by atoms with van der Waals surface area (Å²) in [6.07, 6.45) is 25.6. The predicted molar refractivity (Wildman–Crippen MR) is 287 cm³/mol. The van der Waals surface area contributed by atoms with Crippen LogP contribution in [0.15, 0.2) is 0 Å². The average Bonchev–Trinajstić information content (AvgIpc) is 3.64. The van der Waals surface area contributed by atoms with Crippen molar-refractivity contribution in [2.24, 2.45) is 46.3 Å². The molecule has 436 valence electrons. The van der Waals surface area contributed by atoms with Gasteiger partial charge in [0.15, 0.2) is 0 Å². The summed E-state index contributed by atoms with van der Waals surface area (Å²) in [4.78, 5) is 54.6. The monoisotopic (exact) mass is 1240 g/mol. The van der Waals surface area contributed by atoms with Gasteiger partial charge in [-0.3, -0.25) is 19.2 Å². The fraction of sp³-hybridized carbons (Fsp3) is 0.933. The first-order chi connectivity index (χ1) is 33.4. The highest BCUT2D eigenvalue weighted by molar-refractivity contribution is 5.70. The van der Waals surface area contributed by atoms with Crippen LogP contribution in [0.3, 0.4) is 0 Å². The van der Waals surface area contributed by atoms with E-state index < -0.39 is 0 Å². The first kappa shape index (κ1) is 71.2. The second-order valence-corrected chi connectivity index (χ2v) is 27.2. The highest BCUT2D eigenvalue weighted by atomic mass is 79.9. The first-order valence-electron chi connectivity index (χ1n) is 29.5. The van der Waals surface area contributed by atoms with Gasteiger partial charge in [-0.15, -0.1) is 0 Å². The van der Waals surface area contributed by atoms with Gasteiger partial charge in [0.1, 0.15) is 18.3 Å². The molecular formula is C60H112Br3N3O8. The van der Waals surface area contributed by atoms with E-state index >= 15 is 0 Å². The van der Waals surface area contributed by atoms with Gasteiger partial charge in [-0.25, -0.2) is 0 Å². The van der Waals surface area contributed by atoms with Gasteiger partial charge in [-0.05, 0) is 131 Å². The number of nitrogens with zero attached hydrogens (tertiary/aromatic N) is 3. The van der Waals surface area contributed by atoms with E-state index in [2.05, 4.69) is 91.1 Å². The van der Waals surface area contributed by atoms with E-state index in [1.807, 2.05) is 0 Å². The molecule has 0 aromatic heterocycles. The van der Waals surface area contributed by atoms with Crippen LogP contribution >= 0.6 is 0 Å². The molecule has 4 aliphatic carbocycles. The third-order valence-electron chi connectivity index (χ3n) is 18.2. The molecule has 0 bridgehead atoms. The van der Waals surface area contributed by atoms with Crippen LogP contribution in [-0.2, 0) is 38.1 Å². The predicted octanol–water partition coefficient (Wildman–Crippen LogP) is 3.12. The van der Waals surface area contributed by atoms with Gasteiger partial charge >= 0.3 is 23.9 Å². The van der Waals surface area contributed by atoms with Crippen LogP contribution in [0.5, 0.6) is 0 Å². The van der Waals surface area contributed by atoms with Crippen molar-refractivity contribution in [1.82, 2.24) is 0 Å². The summed E-state index contributed by atoms with van der Waals surface area (Å²) in [7, 11) is 19.7. The van der Waals surface area contributed by atoms with Crippen LogP contribution in [0.1, 0.15) is 207 Å². The zero-order valence-electron chi connectivity index (χ0n) is 49.6. The molecule has 0 amide bonds. The number of rotatable bonds is 33. The van der Waals surface area contributed by atoms with Crippen molar-refractivity contribution in [3.63, 3.8) is 0 Å². The number of esters is 4. The smallest absolute Gasteiger partial charge is 0.306 e. The molecule has 74 heavy (non-hydrogen) atoms. The fourth-order valence-corrected chi connectivity index (χ4v) is 14.1. The summed E-state index contributed by atoms with van der Waals surface area (Å²) in [6.45, 7) is 13.0. The molecule has 0 unspecified atom stereocenters. The Bertz CT molecular complexity index is 1630. The van der Waals surface area contributed by atoms with Crippen molar-refractivity contribution in [2.45, 2.75) is 226 Å². The second-order valence-electron chi connectivity index (χ2n) is 27.2. The van der Waals surface area contributed by atoms with E-state index in [1.54, 1.807) is 0 Å². The van der Waals surface area contributed by atoms with Crippen molar-refractivity contribution in [2.75, 3.05) is 89.7 Å². The molecule has 4 aliphatic rings. The average molecular weight is 1240 g/mol. The molecule has 4 saturated carbocycles. The van der Waals surface area contributed by atoms with Gasteiger partial charge in [-0.2, -0.15) is 0 Å². The summed E-state index contributed by atoms with van der Waals surface area (Å²) in [6, 6.07) is 0. The lowest BCUT2D eigenvalue weighted by atomic mass is 9.43. The highest BCUT2D eigenvalue weighted by Crippen LogP contribution is 2.69. The third kappa shape index (κ3) is 23.5. The molecule has 0 aromatic rings. The van der Waals surface area contributed by atoms with Crippen LogP contribution in [0, 0.1) is 46.3 Å². The lowest BCUT2D eigenvalue weighted by Gasteiger charge is -2.64. The van der Waals surface area contributed by atoms with Crippen molar-refractivity contribution < 1.29 is 103 Å². The number of hydrogen-bond acceptors (Lipinski definition) is 8. The lowest BCUT2D eigenvalue weighted by Crippen LogP contribution is -3.00. The number of quaternary nitrogens is 3. The standard InChI is InChI=1S/C60H112N3O8.3BrH/c1-14-15-16-17-18-19-20-21-22-29-42-68-54(64)36-33-46(2)49-34-35-50-58-51(45-53(60(49,50)4)71-57(67)32-25-28-41-63(11,12)13)59(3)38-37-48(69-55(65)30-23-26-39-61(5,6)7)43-47(59)44-52(58)70-56(66)31-24-27-40-62(8,9)10;;;/h46-53,58H,14-45H2,1-13H3;3*1H/q+3;;;/p-3/t46-,47+,48-,49-,50+,51+,52-,53+,58+,59+,60-;;;/m1.../s1. The third-order valence-corrected chi connectivity index (χ3v) is 18.2. The first-order valence-corrected chi connectivity index (χ1v) is 29.5. The Morgan fingerprint density at radius 3 is 1.53 bits per heavy atom. The minimum atomic E-state index is -0.338. The van der Waals surface area contributed by atoms with Crippen molar-refractivity contribution in [3.8, 4) is 0 Å². The molecule has 0 aromatic carbocycles. The Morgan fingerprint density at radius 2 is 1.01 bits per heavy atom. The minimum absolute atomic E-state index is 0. The fourth-order valence-electron chi connectivity index (χ4n) is 14.1. The number of carbonyl (C=O) groups excluding carboxylic acids is 4. The maximum atomic E-state index is 14.1. The molecule has 14 heteroatoms. The van der Waals surface area contributed by atoms with Crippen LogP contribution in [0.25, 0.3) is 0 Å². The van der Waals surface area contributed by atoms with Gasteiger partial charge in [-0.1, -0.05) is 85.5 Å². The summed E-state index contributed by atoms with van der Waals surface area (Å²) >= 11 is 0. The van der Waals surface area contributed by atoms with E-state index in [9.17, 15) is 19.2 Å². The van der Waals surface area contributed by atoms with Crippen molar-refractivity contribution in [1.29, 1.82) is 0 Å². The van der Waals surface area contributed by atoms with Crippen LogP contribution in [-0.4, -0.2) is 145 Å². The van der Waals surface area contributed by atoms with E-state index in [0.29, 0.717) is 32.3 Å². The summed E-state index contributed by atoms with van der Waals surface area (Å²) in [5.74, 6) is 0.803. The molecule has 4 fully saturated rings. The van der Waals surface area contributed by atoms with Crippen molar-refractivity contribution in [3.05, 3.63) is 0 Å². The van der Waals surface area contributed by atoms with Gasteiger partial charge < -0.3 is 83.3 Å². The van der Waals surface area contributed by atoms with Crippen LogP contribution in [0.2, 0.25) is 0 Å². The maximum Gasteiger partial charge on any atom is 0.306 e. The number of unbranched alkanes of at least 4 members (excludes halogenated alkanes) is 12. The number of ether oxygens (including phenoxy) is 4. The maximum absolute atomic E-state index is 14.1. The number of fused-ring (bicyclic) bond motifs is 5. The van der Waals surface area contributed by atoms with Gasteiger partial charge in [0, 0.05) is 37.0 Å². The Labute approximate surface area is 485 Å². The SMILES string of the molecule is CCCCCCCCCCCCOC(=O)CC[C@@H](C)[C@H]1CC[C@H]2[C@@H]3[C@H](OC(=O)CCCC[N+](C)(C)C)C[C@@H]4C[C@H](OC(=O)CCCC[N+](C)(C)C)CC[C@]4(C)[C@H]3C[C@H](OC(=O)CCCC[N+](C)(C)C)[C@]12C.[Br-].[Br-].[Br-]. The lowest BCUT2D eigenvalue weighted by molar-refractivity contribution is -0.870. The Balaban J connectivity index is 0.00000913. The minimum Gasteiger partial charge on any atom is -1.00 e. The topological polar surface area (TPSA) is 105 Å². The van der Waals surface area contributed by atoms with E-state index in [-0.39, 0.29) is 139 Å². The Hall–Kier alpha value is -0.800. The zero-order chi connectivity index (χ0) is 52.5. The van der Waals surface area contributed by atoms with Crippen LogP contribution in [0.4, 0.5) is 0 Å². The molecule has 0 aliphatic heterocycles. The van der Waals surface area contributed by atoms with Gasteiger partial charge in [0.2, 0.25) is 0 Å². The van der Waals surface area contributed by atoms with Crippen LogP contribution < -0.4 is 50.9 Å². The Morgan fingerprint density at radius 1 is 0.527 bits per heavy atom. The quantitative estimate of drug-likeness (QED) is 0.0428. The number of halogens is 3. The van der Waals surface area contributed by atoms with Crippen molar-refractivity contribution >= 4 is 23.9 Å². The zero-order valence-corrected chi connectivity index (χ0v) is 54.3. The van der Waals surface area contributed by atoms with E-state index in [0.717, 1.165) is 136 Å². The highest BCUT2D eigenvalue weighted by Gasteiger charge is 2.68. The normalized spacial score (nSPS) is 27.9. The second kappa shape index (κ2) is 33.7. The van der Waals surface area contributed by atoms with E-state index in [4.69, 9.17) is 18.9 Å². The summed E-state index contributed by atoms with van der Waals surface area (Å²) in [5, 5.41) is 0. The Kier molecular flexibility index (Phi) is 32.4. The summed E-state index contributed by atoms with van der Waals surface area (Å²) in [5.41, 5.74) is -0.417. The molecule has 4 rings (SSSR count). The molecule has 0 N–H and O–H groups in total. The largest absolute Gasteiger partial charge is 1.00 e. The summed E-state index contributed by atoms with van der Waals surface area (Å²) < 4.78 is 28.4. The molecule has 0 radical (unpaired) electrons. The molecule has 0 heterocycles. The van der Waals surface area contributed by atoms with Gasteiger partial charge in [0.25, 0.3) is 0 Å². The molecule has 0 spiro atoms. The molecule has 11 atom stereocenters. The number of carbonyl (C=O) groups is 4. The molecule has 11 nitrogen and oxygen atoms in total. The van der Waals surface area contributed by atoms with Gasteiger partial charge in [0.05, 0.1) is 89.7 Å². The molecular weight excluding hydrogens is 1130 g/mol. The van der Waals surface area contributed by atoms with E-state index in [1.165, 1.54) is 51.4 Å². The molecule has 0 saturated heterocycles.